The lowest BCUT2D eigenvalue weighted by atomic mass is 9.79. The van der Waals surface area contributed by atoms with Gasteiger partial charge in [-0.3, -0.25) is 4.79 Å². The Bertz CT molecular complexity index is 196. The van der Waals surface area contributed by atoms with Crippen molar-refractivity contribution in [2.24, 2.45) is 5.92 Å². The maximum atomic E-state index is 10.7. The van der Waals surface area contributed by atoms with Gasteiger partial charge in [0, 0.05) is 18.7 Å². The first-order chi connectivity index (χ1) is 6.69. The Kier molecular flexibility index (Phi) is 4.35. The van der Waals surface area contributed by atoms with Crippen LogP contribution in [0.15, 0.2) is 0 Å². The van der Waals surface area contributed by atoms with E-state index in [0.717, 1.165) is 19.3 Å². The Hall–Kier alpha value is -0.610. The number of aliphatic carboxylic acids is 1. The van der Waals surface area contributed by atoms with E-state index in [1.807, 2.05) is 6.92 Å². The molecule has 82 valence electrons. The van der Waals surface area contributed by atoms with Crippen LogP contribution in [0.2, 0.25) is 0 Å². The molecule has 3 unspecified atom stereocenters. The van der Waals surface area contributed by atoms with E-state index in [1.165, 1.54) is 0 Å². The number of nitrogens with one attached hydrogen (secondary N) is 1. The van der Waals surface area contributed by atoms with Crippen molar-refractivity contribution in [1.29, 1.82) is 0 Å². The lowest BCUT2D eigenvalue weighted by Gasteiger charge is -2.36. The standard InChI is InChI=1S/C10H19NO3/c1-2-7(5-6-12)11-9-4-3-8(9)10(13)14/h7-9,11-12H,2-6H2,1H3,(H,13,14). The lowest BCUT2D eigenvalue weighted by Crippen LogP contribution is -2.51. The van der Waals surface area contributed by atoms with Crippen molar-refractivity contribution in [3.05, 3.63) is 0 Å². The summed E-state index contributed by atoms with van der Waals surface area (Å²) in [5, 5.41) is 20.9. The molecule has 3 atom stereocenters. The van der Waals surface area contributed by atoms with Gasteiger partial charge in [0.25, 0.3) is 0 Å². The molecule has 0 aliphatic heterocycles. The fourth-order valence-corrected chi connectivity index (χ4v) is 1.86. The van der Waals surface area contributed by atoms with E-state index in [4.69, 9.17) is 10.2 Å². The number of carboxylic acids is 1. The summed E-state index contributed by atoms with van der Waals surface area (Å²) >= 11 is 0. The van der Waals surface area contributed by atoms with Gasteiger partial charge in [0.15, 0.2) is 0 Å². The number of carboxylic acid groups (broad SMARTS) is 1. The van der Waals surface area contributed by atoms with Crippen LogP contribution >= 0.6 is 0 Å². The zero-order valence-corrected chi connectivity index (χ0v) is 8.57. The first kappa shape index (κ1) is 11.5. The number of hydrogen-bond acceptors (Lipinski definition) is 3. The topological polar surface area (TPSA) is 69.6 Å². The van der Waals surface area contributed by atoms with Crippen LogP contribution in [-0.2, 0) is 4.79 Å². The highest BCUT2D eigenvalue weighted by atomic mass is 16.4. The lowest BCUT2D eigenvalue weighted by molar-refractivity contribution is -0.146. The van der Waals surface area contributed by atoms with Crippen LogP contribution in [0.25, 0.3) is 0 Å². The maximum Gasteiger partial charge on any atom is 0.308 e. The summed E-state index contributed by atoms with van der Waals surface area (Å²) in [7, 11) is 0. The third kappa shape index (κ3) is 2.69. The van der Waals surface area contributed by atoms with Crippen LogP contribution < -0.4 is 5.32 Å². The molecule has 1 aliphatic rings. The molecule has 0 aromatic carbocycles. The van der Waals surface area contributed by atoms with E-state index in [0.29, 0.717) is 6.42 Å². The highest BCUT2D eigenvalue weighted by Crippen LogP contribution is 2.28. The molecule has 0 bridgehead atoms. The molecule has 4 nitrogen and oxygen atoms in total. The van der Waals surface area contributed by atoms with Crippen molar-refractivity contribution in [3.8, 4) is 0 Å². The molecular formula is C10H19NO3. The quantitative estimate of drug-likeness (QED) is 0.588. The molecule has 1 rings (SSSR count). The van der Waals surface area contributed by atoms with Crippen molar-refractivity contribution in [3.63, 3.8) is 0 Å². The molecule has 1 aliphatic carbocycles. The van der Waals surface area contributed by atoms with Gasteiger partial charge in [0.1, 0.15) is 0 Å². The van der Waals surface area contributed by atoms with Gasteiger partial charge in [0.2, 0.25) is 0 Å². The van der Waals surface area contributed by atoms with Crippen LogP contribution in [0, 0.1) is 5.92 Å². The molecule has 4 heteroatoms. The van der Waals surface area contributed by atoms with Gasteiger partial charge in [-0.1, -0.05) is 6.92 Å². The van der Waals surface area contributed by atoms with Gasteiger partial charge in [0.05, 0.1) is 5.92 Å². The normalized spacial score (nSPS) is 28.1. The second kappa shape index (κ2) is 5.32. The van der Waals surface area contributed by atoms with E-state index < -0.39 is 5.97 Å². The molecular weight excluding hydrogens is 182 g/mol. The summed E-state index contributed by atoms with van der Waals surface area (Å²) in [4.78, 5) is 10.7. The summed E-state index contributed by atoms with van der Waals surface area (Å²) in [6.45, 7) is 2.21. The summed E-state index contributed by atoms with van der Waals surface area (Å²) in [5.74, 6) is -0.921. The Labute approximate surface area is 84.3 Å². The predicted molar refractivity (Wildman–Crippen MR) is 53.1 cm³/mol. The van der Waals surface area contributed by atoms with Crippen LogP contribution in [0.5, 0.6) is 0 Å². The Morgan fingerprint density at radius 1 is 1.57 bits per heavy atom. The van der Waals surface area contributed by atoms with E-state index in [2.05, 4.69) is 5.32 Å². The van der Waals surface area contributed by atoms with Gasteiger partial charge in [-0.05, 0) is 25.7 Å². The molecule has 0 amide bonds. The van der Waals surface area contributed by atoms with Crippen molar-refractivity contribution in [2.45, 2.75) is 44.7 Å². The van der Waals surface area contributed by atoms with Gasteiger partial charge in [-0.25, -0.2) is 0 Å². The Morgan fingerprint density at radius 3 is 2.64 bits per heavy atom. The summed E-state index contributed by atoms with van der Waals surface area (Å²) in [6.07, 6.45) is 3.37. The zero-order valence-electron chi connectivity index (χ0n) is 8.57. The molecule has 0 saturated heterocycles. The number of carbonyl (C=O) groups is 1. The largest absolute Gasteiger partial charge is 0.481 e. The maximum absolute atomic E-state index is 10.7. The molecule has 0 radical (unpaired) electrons. The fraction of sp³-hybridized carbons (Fsp3) is 0.900. The zero-order chi connectivity index (χ0) is 10.6. The molecule has 0 heterocycles. The monoisotopic (exact) mass is 201 g/mol. The predicted octanol–water partition coefficient (Wildman–Crippen LogP) is 0.600. The highest BCUT2D eigenvalue weighted by molar-refractivity contribution is 5.72. The minimum absolute atomic E-state index is 0.115. The molecule has 0 aromatic heterocycles. The Balaban J connectivity index is 2.32. The molecule has 0 aromatic rings. The summed E-state index contributed by atoms with van der Waals surface area (Å²) in [6, 6.07) is 0.371. The van der Waals surface area contributed by atoms with Gasteiger partial charge in [-0.15, -0.1) is 0 Å². The third-order valence-corrected chi connectivity index (χ3v) is 3.01. The minimum atomic E-state index is -0.701. The van der Waals surface area contributed by atoms with Crippen LogP contribution in [0.4, 0.5) is 0 Å². The SMILES string of the molecule is CCC(CCO)NC1CCC1C(=O)O. The van der Waals surface area contributed by atoms with Crippen LogP contribution in [0.1, 0.15) is 32.6 Å². The molecule has 3 N–H and O–H groups in total. The number of aliphatic hydroxyl groups is 1. The second-order valence-electron chi connectivity index (χ2n) is 3.91. The molecule has 1 saturated carbocycles. The first-order valence-electron chi connectivity index (χ1n) is 5.28. The smallest absolute Gasteiger partial charge is 0.308 e. The van der Waals surface area contributed by atoms with E-state index in [1.54, 1.807) is 0 Å². The molecule has 1 fully saturated rings. The van der Waals surface area contributed by atoms with Crippen molar-refractivity contribution in [2.75, 3.05) is 6.61 Å². The van der Waals surface area contributed by atoms with Gasteiger partial charge < -0.3 is 15.5 Å². The second-order valence-corrected chi connectivity index (χ2v) is 3.91. The molecule has 14 heavy (non-hydrogen) atoms. The molecule has 0 spiro atoms. The number of aliphatic hydroxyl groups excluding tert-OH is 1. The van der Waals surface area contributed by atoms with E-state index in [-0.39, 0.29) is 24.6 Å². The van der Waals surface area contributed by atoms with Crippen molar-refractivity contribution < 1.29 is 15.0 Å². The summed E-state index contributed by atoms with van der Waals surface area (Å²) in [5.41, 5.74) is 0. The van der Waals surface area contributed by atoms with Crippen LogP contribution in [-0.4, -0.2) is 34.9 Å². The van der Waals surface area contributed by atoms with Crippen molar-refractivity contribution in [1.82, 2.24) is 5.32 Å². The average molecular weight is 201 g/mol. The number of rotatable bonds is 6. The van der Waals surface area contributed by atoms with Crippen molar-refractivity contribution >= 4 is 5.97 Å². The minimum Gasteiger partial charge on any atom is -0.481 e. The fourth-order valence-electron chi connectivity index (χ4n) is 1.86. The highest BCUT2D eigenvalue weighted by Gasteiger charge is 2.37. The van der Waals surface area contributed by atoms with E-state index in [9.17, 15) is 4.79 Å². The Morgan fingerprint density at radius 2 is 2.29 bits per heavy atom. The first-order valence-corrected chi connectivity index (χ1v) is 5.28. The summed E-state index contributed by atoms with van der Waals surface area (Å²) < 4.78 is 0. The van der Waals surface area contributed by atoms with Gasteiger partial charge >= 0.3 is 5.97 Å². The number of hydrogen-bond donors (Lipinski definition) is 3. The van der Waals surface area contributed by atoms with Crippen LogP contribution in [0.3, 0.4) is 0 Å². The van der Waals surface area contributed by atoms with Gasteiger partial charge in [-0.2, -0.15) is 0 Å². The van der Waals surface area contributed by atoms with E-state index >= 15 is 0 Å². The third-order valence-electron chi connectivity index (χ3n) is 3.01. The average Bonchev–Trinajstić information content (AvgIpc) is 2.09.